The summed E-state index contributed by atoms with van der Waals surface area (Å²) in [5, 5.41) is 93.5. The molecule has 3 atom stereocenters. The Morgan fingerprint density at radius 1 is 0.584 bits per heavy atom. The highest BCUT2D eigenvalue weighted by Gasteiger charge is 2.32. The van der Waals surface area contributed by atoms with Gasteiger partial charge in [0.25, 0.3) is 0 Å². The number of carboxylic acids is 5. The van der Waals surface area contributed by atoms with E-state index in [1.807, 2.05) is 48.5 Å². The van der Waals surface area contributed by atoms with Gasteiger partial charge in [0.05, 0.1) is 18.8 Å². The summed E-state index contributed by atoms with van der Waals surface area (Å²) < 4.78 is 4.97. The number of rotatable bonds is 37. The molecule has 0 radical (unpaired) electrons. The van der Waals surface area contributed by atoms with Crippen molar-refractivity contribution in [2.24, 2.45) is 11.8 Å². The minimum Gasteiger partial charge on any atom is -0.513 e. The van der Waals surface area contributed by atoms with Gasteiger partial charge < -0.3 is 66.9 Å². The van der Waals surface area contributed by atoms with Crippen molar-refractivity contribution in [3.8, 4) is 11.5 Å². The smallest absolute Gasteiger partial charge is 0.408 e. The molecule has 1 aliphatic carbocycles. The maximum atomic E-state index is 14.2. The lowest BCUT2D eigenvalue weighted by Crippen LogP contribution is -2.50. The molecule has 0 bridgehead atoms. The van der Waals surface area contributed by atoms with Crippen molar-refractivity contribution in [2.45, 2.75) is 128 Å². The van der Waals surface area contributed by atoms with Crippen molar-refractivity contribution < 1.29 is 88.7 Å². The number of benzene rings is 5. The number of nitrogens with one attached hydrogen (secondary N) is 4. The van der Waals surface area contributed by atoms with Crippen molar-refractivity contribution in [3.05, 3.63) is 131 Å². The number of aryl methyl sites for hydroxylation is 2. The van der Waals surface area contributed by atoms with Gasteiger partial charge in [-0.05, 0) is 133 Å². The number of allylic oxidation sites excluding steroid dienone is 1. The number of fused-ring (bicyclic) bond motifs is 2. The van der Waals surface area contributed by atoms with E-state index in [0.717, 1.165) is 27.1 Å². The largest absolute Gasteiger partial charge is 0.513 e. The van der Waals surface area contributed by atoms with Crippen LogP contribution in [-0.2, 0) is 75.4 Å². The van der Waals surface area contributed by atoms with Gasteiger partial charge in [0, 0.05) is 82.0 Å². The zero-order valence-corrected chi connectivity index (χ0v) is 49.6. The second kappa shape index (κ2) is 34.3. The Labute approximate surface area is 514 Å². The maximum absolute atomic E-state index is 14.2. The number of phenolic OH excluding ortho intramolecular Hbond substituents is 2. The first kappa shape index (κ1) is 68.8. The molecule has 5 aromatic carbocycles. The van der Waals surface area contributed by atoms with Gasteiger partial charge in [-0.2, -0.15) is 0 Å². The number of unbranched alkanes of at least 4 members (excludes halogenated alkanes) is 1. The normalized spacial score (nSPS) is 14.9. The molecular formula is C65H80N6O18. The third-order valence-electron chi connectivity index (χ3n) is 15.8. The molecule has 0 spiro atoms. The molecule has 0 heterocycles. The fourth-order valence-electron chi connectivity index (χ4n) is 11.0. The van der Waals surface area contributed by atoms with Crippen LogP contribution in [0.2, 0.25) is 0 Å². The molecule has 24 heteroatoms. The van der Waals surface area contributed by atoms with Crippen LogP contribution < -0.4 is 21.3 Å². The fraction of sp³-hybridized carbons (Fsp3) is 0.431. The van der Waals surface area contributed by atoms with E-state index < -0.39 is 79.0 Å². The molecular weight excluding hydrogens is 1150 g/mol. The van der Waals surface area contributed by atoms with Crippen LogP contribution in [0.15, 0.2) is 103 Å². The molecule has 478 valence electrons. The number of aliphatic carboxylic acids is 5. The van der Waals surface area contributed by atoms with Crippen LogP contribution in [0.5, 0.6) is 11.5 Å². The predicted molar refractivity (Wildman–Crippen MR) is 327 cm³/mol. The standard InChI is InChI=1S/C65H80N6O18/c1-40(72)9-8-15-56(64(86)87)89-65(88)69-52(63(84)85)14-6-7-28-66-62(83)53(34-51-49-12-4-2-10-45(49)33-46-11-3-5-13-50(46)51)68-61(82)44-22-16-43(17-23-44)35-67-57(75)26-20-41-18-24-54(73)47(31-41)36-70(38-59(78)79)29-30-71(39-60(80)81)37-48-32-42(19-25-55(48)74)21-27-58(76)77/h2-5,10-13,18-19,24-25,31-33,43-44,52-53,56,72-74H,1,6-9,14-17,20-23,26-30,34-39H2,(H,66,83)(H,67,75)(H,68,82)(H,69,88)(H,76,77)(H,78,79)(H,80,81)(H,84,85)(H,86,87)/t43-,44-,52-,53-,56-/m0/s1. The highest BCUT2D eigenvalue weighted by Crippen LogP contribution is 2.32. The van der Waals surface area contributed by atoms with Crippen LogP contribution in [-0.4, -0.2) is 162 Å². The predicted octanol–water partition coefficient (Wildman–Crippen LogP) is 6.64. The second-order valence-corrected chi connectivity index (χ2v) is 22.6. The molecule has 89 heavy (non-hydrogen) atoms. The number of carbonyl (C=O) groups excluding carboxylic acids is 4. The first-order chi connectivity index (χ1) is 42.5. The summed E-state index contributed by atoms with van der Waals surface area (Å²) >= 11 is 0. The SMILES string of the molecule is C=C(O)CCC[C@H](OC(=O)N[C@@H](CCCCNC(=O)[C@H](Cc1c2ccccc2cc2ccccc12)NC(=O)[C@H]1CC[C@H](CNC(=O)CCc2ccc(O)c(CN(CCN(CC(=O)O)Cc3cc(CCC(=O)O)ccc3O)CC(=O)O)c2)CC1)C(=O)O)C(=O)O. The lowest BCUT2D eigenvalue weighted by Gasteiger charge is -2.29. The number of nitrogens with zero attached hydrogens (tertiary/aromatic N) is 2. The topological polar surface area (TPSA) is 379 Å². The number of aliphatic hydroxyl groups is 1. The average molecular weight is 1230 g/mol. The third-order valence-corrected chi connectivity index (χ3v) is 15.8. The Kier molecular flexibility index (Phi) is 26.5. The average Bonchev–Trinajstić information content (AvgIpc) is 1.16. The van der Waals surface area contributed by atoms with E-state index in [1.54, 1.807) is 24.3 Å². The summed E-state index contributed by atoms with van der Waals surface area (Å²) in [6.07, 6.45) is 0.585. The number of phenols is 2. The first-order valence-corrected chi connectivity index (χ1v) is 29.8. The number of carbonyl (C=O) groups is 9. The molecule has 4 amide bonds. The summed E-state index contributed by atoms with van der Waals surface area (Å²) in [4.78, 5) is 116. The molecule has 5 aromatic rings. The number of carboxylic acid groups (broad SMARTS) is 5. The maximum Gasteiger partial charge on any atom is 0.408 e. The molecule has 1 aliphatic rings. The number of amides is 4. The molecule has 6 rings (SSSR count). The molecule has 1 fully saturated rings. The monoisotopic (exact) mass is 1230 g/mol. The highest BCUT2D eigenvalue weighted by atomic mass is 16.6. The number of ether oxygens (including phenoxy) is 1. The Morgan fingerprint density at radius 3 is 1.67 bits per heavy atom. The summed E-state index contributed by atoms with van der Waals surface area (Å²) in [5.74, 6) is -7.82. The van der Waals surface area contributed by atoms with Crippen LogP contribution >= 0.6 is 0 Å². The molecule has 0 aliphatic heterocycles. The van der Waals surface area contributed by atoms with E-state index in [1.165, 1.54) is 21.9 Å². The molecule has 24 nitrogen and oxygen atoms in total. The van der Waals surface area contributed by atoms with E-state index in [2.05, 4.69) is 33.9 Å². The molecule has 12 N–H and O–H groups in total. The summed E-state index contributed by atoms with van der Waals surface area (Å²) in [5.41, 5.74) is 2.97. The Balaban J connectivity index is 1.00. The zero-order valence-electron chi connectivity index (χ0n) is 49.6. The van der Waals surface area contributed by atoms with Gasteiger partial charge in [0.15, 0.2) is 0 Å². The summed E-state index contributed by atoms with van der Waals surface area (Å²) in [7, 11) is 0. The Morgan fingerprint density at radius 2 is 1.15 bits per heavy atom. The quantitative estimate of drug-likeness (QED) is 0.0113. The Bertz CT molecular complexity index is 3270. The third kappa shape index (κ3) is 22.7. The van der Waals surface area contributed by atoms with Gasteiger partial charge in [0.2, 0.25) is 23.8 Å². The van der Waals surface area contributed by atoms with Crippen molar-refractivity contribution in [3.63, 3.8) is 0 Å². The minimum absolute atomic E-state index is 0.0248. The highest BCUT2D eigenvalue weighted by molar-refractivity contribution is 6.03. The fourth-order valence-corrected chi connectivity index (χ4v) is 11.0. The van der Waals surface area contributed by atoms with Crippen LogP contribution in [0, 0.1) is 11.8 Å². The van der Waals surface area contributed by atoms with Crippen molar-refractivity contribution >= 4 is 75.2 Å². The lowest BCUT2D eigenvalue weighted by atomic mass is 9.81. The van der Waals surface area contributed by atoms with E-state index in [-0.39, 0.29) is 132 Å². The van der Waals surface area contributed by atoms with Crippen LogP contribution in [0.25, 0.3) is 21.5 Å². The molecule has 0 unspecified atom stereocenters. The van der Waals surface area contributed by atoms with Crippen molar-refractivity contribution in [2.75, 3.05) is 39.3 Å². The van der Waals surface area contributed by atoms with Gasteiger partial charge in [0.1, 0.15) is 23.6 Å². The zero-order chi connectivity index (χ0) is 64.6. The van der Waals surface area contributed by atoms with E-state index in [4.69, 9.17) is 9.84 Å². The van der Waals surface area contributed by atoms with Gasteiger partial charge in [-0.1, -0.05) is 79.4 Å². The number of aliphatic hydroxyl groups excluding tert-OH is 1. The van der Waals surface area contributed by atoms with Crippen molar-refractivity contribution in [1.29, 1.82) is 0 Å². The Hall–Kier alpha value is -9.29. The summed E-state index contributed by atoms with van der Waals surface area (Å²) in [6, 6.07) is 24.6. The number of hydrogen-bond acceptors (Lipinski definition) is 15. The number of alkyl carbamates (subject to hydrolysis) is 1. The lowest BCUT2D eigenvalue weighted by molar-refractivity contribution is -0.147. The van der Waals surface area contributed by atoms with Gasteiger partial charge in [-0.15, -0.1) is 0 Å². The van der Waals surface area contributed by atoms with Crippen molar-refractivity contribution in [1.82, 2.24) is 31.1 Å². The van der Waals surface area contributed by atoms with Gasteiger partial charge in [-0.3, -0.25) is 38.6 Å². The van der Waals surface area contributed by atoms with Crippen LogP contribution in [0.4, 0.5) is 4.79 Å². The molecule has 1 saturated carbocycles. The minimum atomic E-state index is -1.58. The van der Waals surface area contributed by atoms with E-state index in [9.17, 15) is 78.9 Å². The number of hydrogen-bond donors (Lipinski definition) is 12. The molecule has 0 saturated heterocycles. The van der Waals surface area contributed by atoms with E-state index in [0.29, 0.717) is 60.9 Å². The van der Waals surface area contributed by atoms with Gasteiger partial charge in [-0.25, -0.2) is 14.4 Å². The van der Waals surface area contributed by atoms with Crippen LogP contribution in [0.1, 0.15) is 105 Å². The number of aromatic hydroxyl groups is 2. The van der Waals surface area contributed by atoms with E-state index >= 15 is 0 Å². The second-order valence-electron chi connectivity index (χ2n) is 22.6. The first-order valence-electron chi connectivity index (χ1n) is 29.8. The molecule has 0 aromatic heterocycles. The van der Waals surface area contributed by atoms with Gasteiger partial charge >= 0.3 is 35.9 Å². The summed E-state index contributed by atoms with van der Waals surface area (Å²) in [6.45, 7) is 2.97. The van der Waals surface area contributed by atoms with Crippen LogP contribution in [0.3, 0.4) is 0 Å².